The highest BCUT2D eigenvalue weighted by Crippen LogP contribution is 2.26. The van der Waals surface area contributed by atoms with Crippen molar-refractivity contribution >= 4 is 11.9 Å². The SMILES string of the molecule is COc1ccc(-c2noc(N3CCC(C(=O)NCC4CCN(CC5=CCCCC5)C4)CC3)n2)cc1. The Morgan fingerprint density at radius 3 is 2.71 bits per heavy atom. The van der Waals surface area contributed by atoms with Gasteiger partial charge in [-0.15, -0.1) is 0 Å². The van der Waals surface area contributed by atoms with Crippen molar-refractivity contribution in [2.75, 3.05) is 51.3 Å². The summed E-state index contributed by atoms with van der Waals surface area (Å²) in [6.45, 7) is 5.66. The van der Waals surface area contributed by atoms with E-state index in [-0.39, 0.29) is 11.8 Å². The second-order valence-corrected chi connectivity index (χ2v) is 10.1. The number of hydrogen-bond donors (Lipinski definition) is 1. The van der Waals surface area contributed by atoms with Crippen LogP contribution in [0.25, 0.3) is 11.4 Å². The smallest absolute Gasteiger partial charge is 0.324 e. The molecular formula is C27H37N5O3. The highest BCUT2D eigenvalue weighted by Gasteiger charge is 2.29. The van der Waals surface area contributed by atoms with E-state index in [1.165, 1.54) is 32.1 Å². The minimum Gasteiger partial charge on any atom is -0.497 e. The van der Waals surface area contributed by atoms with Gasteiger partial charge in [0.1, 0.15) is 5.75 Å². The average molecular weight is 480 g/mol. The van der Waals surface area contributed by atoms with Crippen molar-refractivity contribution in [2.45, 2.75) is 44.9 Å². The first-order valence-corrected chi connectivity index (χ1v) is 13.1. The summed E-state index contributed by atoms with van der Waals surface area (Å²) in [6.07, 6.45) is 10.4. The lowest BCUT2D eigenvalue weighted by Gasteiger charge is -2.30. The number of benzene rings is 1. The number of carbonyl (C=O) groups is 1. The maximum Gasteiger partial charge on any atom is 0.324 e. The first kappa shape index (κ1) is 23.9. The van der Waals surface area contributed by atoms with Crippen LogP contribution < -0.4 is 15.0 Å². The highest BCUT2D eigenvalue weighted by atomic mass is 16.5. The molecule has 0 bridgehead atoms. The fourth-order valence-electron chi connectivity index (χ4n) is 5.48. The monoisotopic (exact) mass is 479 g/mol. The molecule has 1 amide bonds. The van der Waals surface area contributed by atoms with Gasteiger partial charge in [-0.05, 0) is 81.7 Å². The van der Waals surface area contributed by atoms with Crippen LogP contribution in [0.5, 0.6) is 5.75 Å². The van der Waals surface area contributed by atoms with Gasteiger partial charge >= 0.3 is 6.01 Å². The van der Waals surface area contributed by atoms with Gasteiger partial charge in [0, 0.05) is 44.2 Å². The van der Waals surface area contributed by atoms with Crippen molar-refractivity contribution in [3.8, 4) is 17.1 Å². The zero-order valence-electron chi connectivity index (χ0n) is 20.7. The maximum absolute atomic E-state index is 12.8. The fourth-order valence-corrected chi connectivity index (χ4v) is 5.48. The van der Waals surface area contributed by atoms with Gasteiger partial charge in [-0.2, -0.15) is 4.98 Å². The quantitative estimate of drug-likeness (QED) is 0.575. The topological polar surface area (TPSA) is 83.7 Å². The molecule has 1 unspecified atom stereocenters. The molecule has 1 aromatic heterocycles. The van der Waals surface area contributed by atoms with E-state index >= 15 is 0 Å². The number of allylic oxidation sites excluding steroid dienone is 1. The lowest BCUT2D eigenvalue weighted by molar-refractivity contribution is -0.125. The van der Waals surface area contributed by atoms with Gasteiger partial charge in [0.15, 0.2) is 0 Å². The van der Waals surface area contributed by atoms with E-state index in [0.29, 0.717) is 17.8 Å². The fraction of sp³-hybridized carbons (Fsp3) is 0.593. The predicted octanol–water partition coefficient (Wildman–Crippen LogP) is 3.90. The number of nitrogens with one attached hydrogen (secondary N) is 1. The third-order valence-corrected chi connectivity index (χ3v) is 7.65. The van der Waals surface area contributed by atoms with Gasteiger partial charge in [0.25, 0.3) is 0 Å². The summed E-state index contributed by atoms with van der Waals surface area (Å²) in [5, 5.41) is 7.38. The molecule has 3 aliphatic rings. The number of amides is 1. The zero-order chi connectivity index (χ0) is 24.0. The molecule has 5 rings (SSSR count). The van der Waals surface area contributed by atoms with Gasteiger partial charge in [-0.25, -0.2) is 0 Å². The van der Waals surface area contributed by atoms with E-state index in [4.69, 9.17) is 9.26 Å². The van der Waals surface area contributed by atoms with Gasteiger partial charge in [-0.3, -0.25) is 9.69 Å². The van der Waals surface area contributed by atoms with Crippen molar-refractivity contribution in [1.29, 1.82) is 0 Å². The number of anilines is 1. The van der Waals surface area contributed by atoms with Gasteiger partial charge < -0.3 is 19.5 Å². The van der Waals surface area contributed by atoms with Crippen LogP contribution in [0.1, 0.15) is 44.9 Å². The first-order valence-electron chi connectivity index (χ1n) is 13.1. The minimum absolute atomic E-state index is 0.0557. The Morgan fingerprint density at radius 1 is 1.14 bits per heavy atom. The van der Waals surface area contributed by atoms with E-state index in [1.54, 1.807) is 12.7 Å². The molecule has 0 spiro atoms. The van der Waals surface area contributed by atoms with E-state index in [1.807, 2.05) is 24.3 Å². The number of hydrogen-bond acceptors (Lipinski definition) is 7. The van der Waals surface area contributed by atoms with Crippen LogP contribution in [0.15, 0.2) is 40.4 Å². The van der Waals surface area contributed by atoms with Crippen LogP contribution in [0.4, 0.5) is 6.01 Å². The molecule has 1 atom stereocenters. The second-order valence-electron chi connectivity index (χ2n) is 10.1. The molecule has 0 radical (unpaired) electrons. The number of methoxy groups -OCH3 is 1. The molecular weight excluding hydrogens is 442 g/mol. The number of nitrogens with zero attached hydrogens (tertiary/aromatic N) is 4. The normalized spacial score (nSPS) is 21.7. The number of rotatable bonds is 8. The average Bonchev–Trinajstić information content (AvgIpc) is 3.58. The van der Waals surface area contributed by atoms with Crippen LogP contribution in [-0.2, 0) is 4.79 Å². The lowest BCUT2D eigenvalue weighted by atomic mass is 9.96. The molecule has 0 saturated carbocycles. The van der Waals surface area contributed by atoms with Crippen molar-refractivity contribution < 1.29 is 14.1 Å². The summed E-state index contributed by atoms with van der Waals surface area (Å²) >= 11 is 0. The summed E-state index contributed by atoms with van der Waals surface area (Å²) in [5.41, 5.74) is 2.50. The summed E-state index contributed by atoms with van der Waals surface area (Å²) < 4.78 is 10.7. The van der Waals surface area contributed by atoms with Crippen LogP contribution in [-0.4, -0.2) is 67.3 Å². The number of ether oxygens (including phenoxy) is 1. The molecule has 2 aliphatic heterocycles. The van der Waals surface area contributed by atoms with Gasteiger partial charge in [0.05, 0.1) is 7.11 Å². The van der Waals surface area contributed by atoms with Crippen molar-refractivity contribution in [2.24, 2.45) is 11.8 Å². The predicted molar refractivity (Wildman–Crippen MR) is 135 cm³/mol. The summed E-state index contributed by atoms with van der Waals surface area (Å²) in [7, 11) is 1.64. The van der Waals surface area contributed by atoms with Crippen LogP contribution >= 0.6 is 0 Å². The Kier molecular flexibility index (Phi) is 7.66. The molecule has 8 heteroatoms. The molecule has 8 nitrogen and oxygen atoms in total. The minimum atomic E-state index is 0.0557. The largest absolute Gasteiger partial charge is 0.497 e. The molecule has 2 saturated heterocycles. The first-order chi connectivity index (χ1) is 17.2. The standard InChI is InChI=1S/C27H37N5O3/c1-34-24-9-7-22(8-10-24)25-29-27(35-30-25)32-15-12-23(13-16-32)26(33)28-17-21-11-14-31(19-21)18-20-5-3-2-4-6-20/h5,7-10,21,23H,2-4,6,11-19H2,1H3,(H,28,33). The van der Waals surface area contributed by atoms with E-state index in [9.17, 15) is 4.79 Å². The van der Waals surface area contributed by atoms with E-state index in [2.05, 4.69) is 31.3 Å². The molecule has 1 aliphatic carbocycles. The van der Waals surface area contributed by atoms with Crippen LogP contribution in [0, 0.1) is 11.8 Å². The number of aromatic nitrogens is 2. The lowest BCUT2D eigenvalue weighted by Crippen LogP contribution is -2.42. The Morgan fingerprint density at radius 2 is 1.97 bits per heavy atom. The summed E-state index contributed by atoms with van der Waals surface area (Å²) in [4.78, 5) is 22.0. The molecule has 1 aromatic carbocycles. The molecule has 2 aromatic rings. The molecule has 188 valence electrons. The number of likely N-dealkylation sites (tertiary alicyclic amines) is 1. The third kappa shape index (κ3) is 6.04. The van der Waals surface area contributed by atoms with Gasteiger partial charge in [0.2, 0.25) is 11.7 Å². The van der Waals surface area contributed by atoms with Crippen molar-refractivity contribution in [3.63, 3.8) is 0 Å². The van der Waals surface area contributed by atoms with E-state index < -0.39 is 0 Å². The van der Waals surface area contributed by atoms with Gasteiger partial charge in [-0.1, -0.05) is 16.8 Å². The Bertz CT molecular complexity index is 1010. The Hall–Kier alpha value is -2.87. The maximum atomic E-state index is 12.8. The Balaban J connectivity index is 1.04. The highest BCUT2D eigenvalue weighted by molar-refractivity contribution is 5.79. The van der Waals surface area contributed by atoms with Crippen molar-refractivity contribution in [3.05, 3.63) is 35.9 Å². The summed E-state index contributed by atoms with van der Waals surface area (Å²) in [6, 6.07) is 8.12. The van der Waals surface area contributed by atoms with Crippen LogP contribution in [0.2, 0.25) is 0 Å². The molecule has 3 heterocycles. The third-order valence-electron chi connectivity index (χ3n) is 7.65. The molecule has 35 heavy (non-hydrogen) atoms. The molecule has 2 fully saturated rings. The Labute approximate surface area is 207 Å². The zero-order valence-corrected chi connectivity index (χ0v) is 20.7. The molecule has 1 N–H and O–H groups in total. The van der Waals surface area contributed by atoms with Crippen LogP contribution in [0.3, 0.4) is 0 Å². The van der Waals surface area contributed by atoms with Crippen molar-refractivity contribution in [1.82, 2.24) is 20.4 Å². The van der Waals surface area contributed by atoms with E-state index in [0.717, 1.165) is 63.4 Å². The summed E-state index contributed by atoms with van der Waals surface area (Å²) in [5.74, 6) is 2.17. The number of carbonyl (C=O) groups excluding carboxylic acids is 1. The number of piperidine rings is 1. The second kappa shape index (κ2) is 11.2.